The third-order valence-corrected chi connectivity index (χ3v) is 3.18. The molecular formula is C16H25ClN4O4. The highest BCUT2D eigenvalue weighted by atomic mass is 35.5. The fourth-order valence-corrected chi connectivity index (χ4v) is 2.03. The summed E-state index contributed by atoms with van der Waals surface area (Å²) in [5.74, 6) is -0.562. The first kappa shape index (κ1) is 22.7. The molecule has 0 aliphatic heterocycles. The highest BCUT2D eigenvalue weighted by Crippen LogP contribution is 2.22. The average Bonchev–Trinajstić information content (AvgIpc) is 2.59. The molecular weight excluding hydrogens is 348 g/mol. The van der Waals surface area contributed by atoms with Crippen LogP contribution in [0.25, 0.3) is 0 Å². The number of rotatable bonds is 9. The first-order chi connectivity index (χ1) is 11.5. The number of benzene rings is 1. The Morgan fingerprint density at radius 2 is 1.88 bits per heavy atom. The SMILES string of the molecule is CCCN(CC(=O)Nc1ccccc1OC)C(=O)CNC(=O)CN.Cl. The molecule has 0 unspecified atom stereocenters. The number of carbonyl (C=O) groups excluding carboxylic acids is 3. The molecule has 1 aromatic rings. The summed E-state index contributed by atoms with van der Waals surface area (Å²) < 4.78 is 5.17. The van der Waals surface area contributed by atoms with E-state index in [1.54, 1.807) is 24.3 Å². The fourth-order valence-electron chi connectivity index (χ4n) is 2.03. The van der Waals surface area contributed by atoms with Gasteiger partial charge in [0.2, 0.25) is 17.7 Å². The number of nitrogens with one attached hydrogen (secondary N) is 2. The van der Waals surface area contributed by atoms with Crippen molar-refractivity contribution in [3.05, 3.63) is 24.3 Å². The van der Waals surface area contributed by atoms with E-state index in [2.05, 4.69) is 10.6 Å². The Balaban J connectivity index is 0.00000576. The normalized spacial score (nSPS) is 9.56. The van der Waals surface area contributed by atoms with Crippen LogP contribution in [0.1, 0.15) is 13.3 Å². The van der Waals surface area contributed by atoms with Gasteiger partial charge in [0, 0.05) is 6.54 Å². The zero-order valence-electron chi connectivity index (χ0n) is 14.4. The Labute approximate surface area is 153 Å². The highest BCUT2D eigenvalue weighted by molar-refractivity contribution is 5.96. The number of hydrogen-bond acceptors (Lipinski definition) is 5. The molecule has 1 rings (SSSR count). The van der Waals surface area contributed by atoms with Crippen LogP contribution in [0.2, 0.25) is 0 Å². The van der Waals surface area contributed by atoms with Crippen LogP contribution < -0.4 is 21.1 Å². The molecule has 0 atom stereocenters. The van der Waals surface area contributed by atoms with E-state index >= 15 is 0 Å². The molecule has 0 aliphatic rings. The summed E-state index contributed by atoms with van der Waals surface area (Å²) >= 11 is 0. The van der Waals surface area contributed by atoms with Crippen LogP contribution in [0.4, 0.5) is 5.69 Å². The maximum atomic E-state index is 12.2. The lowest BCUT2D eigenvalue weighted by Gasteiger charge is -2.22. The highest BCUT2D eigenvalue weighted by Gasteiger charge is 2.17. The zero-order chi connectivity index (χ0) is 17.9. The van der Waals surface area contributed by atoms with Gasteiger partial charge in [-0.3, -0.25) is 14.4 Å². The lowest BCUT2D eigenvalue weighted by molar-refractivity contribution is -0.135. The van der Waals surface area contributed by atoms with Crippen LogP contribution in [0.5, 0.6) is 5.75 Å². The molecule has 0 aromatic heterocycles. The smallest absolute Gasteiger partial charge is 0.244 e. The molecule has 0 fully saturated rings. The van der Waals surface area contributed by atoms with Crippen molar-refractivity contribution in [3.63, 3.8) is 0 Å². The molecule has 9 heteroatoms. The van der Waals surface area contributed by atoms with Crippen molar-refractivity contribution in [2.75, 3.05) is 38.6 Å². The molecule has 4 N–H and O–H groups in total. The van der Waals surface area contributed by atoms with Crippen LogP contribution in [0.15, 0.2) is 24.3 Å². The number of carbonyl (C=O) groups is 3. The van der Waals surface area contributed by atoms with Gasteiger partial charge >= 0.3 is 0 Å². The number of ether oxygens (including phenoxy) is 1. The molecule has 0 bridgehead atoms. The maximum absolute atomic E-state index is 12.2. The van der Waals surface area contributed by atoms with Crippen molar-refractivity contribution < 1.29 is 19.1 Å². The third kappa shape index (κ3) is 7.86. The van der Waals surface area contributed by atoms with E-state index in [1.165, 1.54) is 12.0 Å². The van der Waals surface area contributed by atoms with Gasteiger partial charge in [-0.05, 0) is 18.6 Å². The van der Waals surface area contributed by atoms with E-state index in [1.807, 2.05) is 6.92 Å². The van der Waals surface area contributed by atoms with E-state index in [0.717, 1.165) is 0 Å². The van der Waals surface area contributed by atoms with Crippen LogP contribution in [-0.4, -0.2) is 55.9 Å². The molecule has 25 heavy (non-hydrogen) atoms. The van der Waals surface area contributed by atoms with Gasteiger partial charge in [-0.1, -0.05) is 19.1 Å². The fraction of sp³-hybridized carbons (Fsp3) is 0.438. The Kier molecular flexibility index (Phi) is 11.0. The Morgan fingerprint density at radius 1 is 1.20 bits per heavy atom. The molecule has 0 saturated carbocycles. The zero-order valence-corrected chi connectivity index (χ0v) is 15.2. The summed E-state index contributed by atoms with van der Waals surface area (Å²) in [5.41, 5.74) is 5.71. The molecule has 0 aliphatic carbocycles. The van der Waals surface area contributed by atoms with Gasteiger partial charge in [-0.2, -0.15) is 0 Å². The maximum Gasteiger partial charge on any atom is 0.244 e. The number of methoxy groups -OCH3 is 1. The lowest BCUT2D eigenvalue weighted by atomic mass is 10.3. The monoisotopic (exact) mass is 372 g/mol. The molecule has 8 nitrogen and oxygen atoms in total. The van der Waals surface area contributed by atoms with Crippen LogP contribution in [0, 0.1) is 0 Å². The summed E-state index contributed by atoms with van der Waals surface area (Å²) in [7, 11) is 1.51. The van der Waals surface area contributed by atoms with Gasteiger partial charge in [0.05, 0.1) is 32.4 Å². The van der Waals surface area contributed by atoms with Crippen LogP contribution >= 0.6 is 12.4 Å². The molecule has 0 saturated heterocycles. The predicted molar refractivity (Wildman–Crippen MR) is 97.8 cm³/mol. The van der Waals surface area contributed by atoms with Crippen molar-refractivity contribution in [2.24, 2.45) is 5.73 Å². The minimum absolute atomic E-state index is 0. The third-order valence-electron chi connectivity index (χ3n) is 3.18. The van der Waals surface area contributed by atoms with Gasteiger partial charge in [0.25, 0.3) is 0 Å². The second-order valence-corrected chi connectivity index (χ2v) is 5.04. The van der Waals surface area contributed by atoms with E-state index < -0.39 is 5.91 Å². The Morgan fingerprint density at radius 3 is 2.48 bits per heavy atom. The summed E-state index contributed by atoms with van der Waals surface area (Å²) in [6, 6.07) is 7.01. The van der Waals surface area contributed by atoms with Crippen molar-refractivity contribution in [1.29, 1.82) is 0 Å². The quantitative estimate of drug-likeness (QED) is 0.579. The summed E-state index contributed by atoms with van der Waals surface area (Å²) in [4.78, 5) is 36.8. The molecule has 140 valence electrons. The van der Waals surface area contributed by atoms with Crippen molar-refractivity contribution >= 4 is 35.8 Å². The average molecular weight is 373 g/mol. The van der Waals surface area contributed by atoms with Gasteiger partial charge in [0.15, 0.2) is 0 Å². The molecule has 0 spiro atoms. The first-order valence-corrected chi connectivity index (χ1v) is 7.69. The van der Waals surface area contributed by atoms with E-state index in [4.69, 9.17) is 10.5 Å². The first-order valence-electron chi connectivity index (χ1n) is 7.69. The molecule has 3 amide bonds. The summed E-state index contributed by atoms with van der Waals surface area (Å²) in [6.07, 6.45) is 0.693. The number of nitrogens with two attached hydrogens (primary N) is 1. The molecule has 1 aromatic carbocycles. The Bertz CT molecular complexity index is 583. The molecule has 0 radical (unpaired) electrons. The van der Waals surface area contributed by atoms with E-state index in [9.17, 15) is 14.4 Å². The molecule has 0 heterocycles. The standard InChI is InChI=1S/C16H24N4O4.ClH/c1-3-8-20(16(23)10-18-14(21)9-17)11-15(22)19-12-6-4-5-7-13(12)24-2;/h4-7H,3,8-11,17H2,1-2H3,(H,18,21)(H,19,22);1H. The second-order valence-electron chi connectivity index (χ2n) is 5.04. The Hall–Kier alpha value is -2.32. The number of para-hydroxylation sites is 2. The number of amides is 3. The minimum atomic E-state index is -0.418. The largest absolute Gasteiger partial charge is 0.495 e. The van der Waals surface area contributed by atoms with Crippen molar-refractivity contribution in [2.45, 2.75) is 13.3 Å². The summed E-state index contributed by atoms with van der Waals surface area (Å²) in [6.45, 7) is 1.84. The van der Waals surface area contributed by atoms with Gasteiger partial charge in [0.1, 0.15) is 5.75 Å². The number of nitrogens with zero attached hydrogens (tertiary/aromatic N) is 1. The van der Waals surface area contributed by atoms with Gasteiger partial charge < -0.3 is 26.0 Å². The van der Waals surface area contributed by atoms with E-state index in [0.29, 0.717) is 24.4 Å². The topological polar surface area (TPSA) is 114 Å². The van der Waals surface area contributed by atoms with Crippen molar-refractivity contribution in [3.8, 4) is 5.75 Å². The van der Waals surface area contributed by atoms with Crippen LogP contribution in [-0.2, 0) is 14.4 Å². The summed E-state index contributed by atoms with van der Waals surface area (Å²) in [5, 5.41) is 5.12. The lowest BCUT2D eigenvalue weighted by Crippen LogP contribution is -2.45. The number of anilines is 1. The van der Waals surface area contributed by atoms with E-state index in [-0.39, 0.29) is 43.9 Å². The van der Waals surface area contributed by atoms with Gasteiger partial charge in [-0.25, -0.2) is 0 Å². The van der Waals surface area contributed by atoms with Crippen molar-refractivity contribution in [1.82, 2.24) is 10.2 Å². The number of hydrogen-bond donors (Lipinski definition) is 3. The predicted octanol–water partition coefficient (Wildman–Crippen LogP) is 0.369. The van der Waals surface area contributed by atoms with Gasteiger partial charge in [-0.15, -0.1) is 12.4 Å². The second kappa shape index (κ2) is 12.1. The number of halogens is 1. The minimum Gasteiger partial charge on any atom is -0.495 e. The van der Waals surface area contributed by atoms with Crippen LogP contribution in [0.3, 0.4) is 0 Å².